The number of aliphatic hydroxyl groups excluding tert-OH is 1. The molecule has 0 bridgehead atoms. The van der Waals surface area contributed by atoms with Crippen LogP contribution < -0.4 is 16.4 Å². The number of carbonyl (C=O) groups excluding carboxylic acids is 3. The zero-order chi connectivity index (χ0) is 30.8. The van der Waals surface area contributed by atoms with Gasteiger partial charge >= 0.3 is 5.97 Å². The molecular formula is C33H37N3O7. The number of esters is 1. The molecule has 10 heteroatoms. The number of hydrogen-bond acceptors (Lipinski definition) is 8. The Bertz CT molecular complexity index is 1440. The van der Waals surface area contributed by atoms with E-state index in [1.807, 2.05) is 19.1 Å². The summed E-state index contributed by atoms with van der Waals surface area (Å²) in [6.07, 6.45) is 2.20. The van der Waals surface area contributed by atoms with Crippen LogP contribution in [0.2, 0.25) is 0 Å². The van der Waals surface area contributed by atoms with E-state index in [2.05, 4.69) is 10.6 Å². The van der Waals surface area contributed by atoms with Gasteiger partial charge in [0.2, 0.25) is 6.29 Å². The van der Waals surface area contributed by atoms with Crippen LogP contribution in [0.5, 0.6) is 0 Å². The molecule has 226 valence electrons. The van der Waals surface area contributed by atoms with E-state index in [1.165, 1.54) is 7.11 Å². The van der Waals surface area contributed by atoms with Crippen molar-refractivity contribution in [3.63, 3.8) is 0 Å². The van der Waals surface area contributed by atoms with Gasteiger partial charge < -0.3 is 35.7 Å². The first-order valence-corrected chi connectivity index (χ1v) is 14.2. The maximum Gasteiger partial charge on any atom is 0.337 e. The first kappa shape index (κ1) is 31.3. The molecule has 2 amide bonds. The molecule has 1 aliphatic heterocycles. The summed E-state index contributed by atoms with van der Waals surface area (Å²) in [6.45, 7) is 2.45. The Morgan fingerprint density at radius 3 is 2.30 bits per heavy atom. The van der Waals surface area contributed by atoms with Gasteiger partial charge in [-0.15, -0.1) is 0 Å². The maximum absolute atomic E-state index is 13.3. The highest BCUT2D eigenvalue weighted by Gasteiger charge is 2.37. The lowest BCUT2D eigenvalue weighted by Crippen LogP contribution is -2.39. The van der Waals surface area contributed by atoms with Crippen LogP contribution in [-0.4, -0.2) is 49.5 Å². The van der Waals surface area contributed by atoms with E-state index in [-0.39, 0.29) is 36.7 Å². The standard InChI is InChI=1S/C33H37N3O7/c1-3-42-33-25(7-6-18-37)26(22-14-16-24(17-15-22)32(40)41-2)19-29(43-33)31(39)35-20-21-10-12-23(13-11-21)30(38)36-28-9-5-4-8-27(28)34/h4-5,8-17,19,25-26,33,37H,3,6-7,18,20,34H2,1-2H3,(H,35,39)(H,36,38)/t25-,26+,33+/m1/s1. The Hall–Kier alpha value is -4.67. The summed E-state index contributed by atoms with van der Waals surface area (Å²) in [6, 6.07) is 20.9. The highest BCUT2D eigenvalue weighted by Crippen LogP contribution is 2.39. The first-order valence-electron chi connectivity index (χ1n) is 14.2. The molecule has 3 aromatic rings. The summed E-state index contributed by atoms with van der Waals surface area (Å²) in [5.41, 5.74) is 9.45. The van der Waals surface area contributed by atoms with E-state index in [0.717, 1.165) is 11.1 Å². The molecule has 4 rings (SSSR count). The Labute approximate surface area is 250 Å². The van der Waals surface area contributed by atoms with Gasteiger partial charge in [0.25, 0.3) is 11.8 Å². The van der Waals surface area contributed by atoms with Crippen LogP contribution in [0, 0.1) is 5.92 Å². The van der Waals surface area contributed by atoms with Crippen LogP contribution in [0.1, 0.15) is 57.5 Å². The molecule has 10 nitrogen and oxygen atoms in total. The topological polar surface area (TPSA) is 149 Å². The number of ether oxygens (including phenoxy) is 3. The fourth-order valence-corrected chi connectivity index (χ4v) is 4.95. The second kappa shape index (κ2) is 15.0. The molecule has 5 N–H and O–H groups in total. The Balaban J connectivity index is 1.47. The lowest BCUT2D eigenvalue weighted by molar-refractivity contribution is -0.166. The average molecular weight is 588 g/mol. The van der Waals surface area contributed by atoms with Crippen LogP contribution in [-0.2, 0) is 25.5 Å². The minimum absolute atomic E-state index is 0.0150. The summed E-state index contributed by atoms with van der Waals surface area (Å²) in [5.74, 6) is -1.45. The minimum atomic E-state index is -0.705. The number of aliphatic hydroxyl groups is 1. The third-order valence-electron chi connectivity index (χ3n) is 7.23. The number of nitrogen functional groups attached to an aromatic ring is 1. The molecule has 3 aromatic carbocycles. The predicted octanol–water partition coefficient (Wildman–Crippen LogP) is 4.37. The quantitative estimate of drug-likeness (QED) is 0.180. The van der Waals surface area contributed by atoms with Crippen LogP contribution in [0.25, 0.3) is 0 Å². The molecule has 0 spiro atoms. The second-order valence-corrected chi connectivity index (χ2v) is 10.1. The predicted molar refractivity (Wildman–Crippen MR) is 162 cm³/mol. The van der Waals surface area contributed by atoms with Crippen molar-refractivity contribution < 1.29 is 33.7 Å². The molecule has 43 heavy (non-hydrogen) atoms. The maximum atomic E-state index is 13.3. The first-order chi connectivity index (χ1) is 20.8. The lowest BCUT2D eigenvalue weighted by Gasteiger charge is -2.37. The number of para-hydroxylation sites is 2. The normalized spacial score (nSPS) is 17.7. The van der Waals surface area contributed by atoms with Crippen molar-refractivity contribution in [2.45, 2.75) is 38.5 Å². The van der Waals surface area contributed by atoms with Crippen LogP contribution >= 0.6 is 0 Å². The molecule has 0 aromatic heterocycles. The fraction of sp³-hybridized carbons (Fsp3) is 0.303. The molecule has 0 unspecified atom stereocenters. The summed E-state index contributed by atoms with van der Waals surface area (Å²) in [5, 5.41) is 15.2. The monoisotopic (exact) mass is 587 g/mol. The van der Waals surface area contributed by atoms with E-state index in [0.29, 0.717) is 42.0 Å². The average Bonchev–Trinajstić information content (AvgIpc) is 3.03. The number of rotatable bonds is 12. The Morgan fingerprint density at radius 2 is 1.65 bits per heavy atom. The molecule has 0 saturated carbocycles. The number of hydrogen-bond donors (Lipinski definition) is 4. The zero-order valence-corrected chi connectivity index (χ0v) is 24.2. The molecule has 1 heterocycles. The van der Waals surface area contributed by atoms with E-state index in [4.69, 9.17) is 19.9 Å². The number of nitrogens with two attached hydrogens (primary N) is 1. The number of allylic oxidation sites excluding steroid dienone is 1. The number of nitrogens with one attached hydrogen (secondary N) is 2. The van der Waals surface area contributed by atoms with Crippen molar-refractivity contribution in [1.82, 2.24) is 5.32 Å². The van der Waals surface area contributed by atoms with Gasteiger partial charge in [0, 0.05) is 37.2 Å². The van der Waals surface area contributed by atoms with Crippen LogP contribution in [0.4, 0.5) is 11.4 Å². The third-order valence-corrected chi connectivity index (χ3v) is 7.23. The number of carbonyl (C=O) groups is 3. The summed E-state index contributed by atoms with van der Waals surface area (Å²) in [7, 11) is 1.33. The number of benzene rings is 3. The van der Waals surface area contributed by atoms with Gasteiger partial charge in [0.1, 0.15) is 0 Å². The summed E-state index contributed by atoms with van der Waals surface area (Å²) in [4.78, 5) is 37.8. The van der Waals surface area contributed by atoms with Crippen molar-refractivity contribution in [2.24, 2.45) is 5.92 Å². The van der Waals surface area contributed by atoms with E-state index < -0.39 is 18.2 Å². The highest BCUT2D eigenvalue weighted by atomic mass is 16.7. The SMILES string of the molecule is CCO[C@H]1OC(C(=O)NCc2ccc(C(=O)Nc3ccccc3N)cc2)=C[C@@H](c2ccc(C(=O)OC)cc2)[C@H]1CCCO. The van der Waals surface area contributed by atoms with Crippen molar-refractivity contribution in [2.75, 3.05) is 31.4 Å². The fourth-order valence-electron chi connectivity index (χ4n) is 4.95. The zero-order valence-electron chi connectivity index (χ0n) is 24.2. The van der Waals surface area contributed by atoms with E-state index >= 15 is 0 Å². The van der Waals surface area contributed by atoms with E-state index in [9.17, 15) is 19.5 Å². The molecule has 3 atom stereocenters. The van der Waals surface area contributed by atoms with Crippen molar-refractivity contribution in [3.8, 4) is 0 Å². The molecule has 1 aliphatic rings. The summed E-state index contributed by atoms with van der Waals surface area (Å²) >= 11 is 0. The van der Waals surface area contributed by atoms with Crippen molar-refractivity contribution in [1.29, 1.82) is 0 Å². The minimum Gasteiger partial charge on any atom is -0.465 e. The number of anilines is 2. The lowest BCUT2D eigenvalue weighted by atomic mass is 9.80. The Kier molecular flexibility index (Phi) is 10.9. The molecule has 0 saturated heterocycles. The third kappa shape index (κ3) is 8.00. The van der Waals surface area contributed by atoms with Gasteiger partial charge in [-0.1, -0.05) is 36.4 Å². The smallest absolute Gasteiger partial charge is 0.337 e. The van der Waals surface area contributed by atoms with Gasteiger partial charge in [-0.05, 0) is 73.4 Å². The van der Waals surface area contributed by atoms with Crippen molar-refractivity contribution >= 4 is 29.2 Å². The van der Waals surface area contributed by atoms with Crippen LogP contribution in [0.15, 0.2) is 84.6 Å². The number of amides is 2. The Morgan fingerprint density at radius 1 is 0.953 bits per heavy atom. The van der Waals surface area contributed by atoms with Crippen LogP contribution in [0.3, 0.4) is 0 Å². The van der Waals surface area contributed by atoms with Gasteiger partial charge in [0.05, 0.1) is 24.0 Å². The highest BCUT2D eigenvalue weighted by molar-refractivity contribution is 6.05. The summed E-state index contributed by atoms with van der Waals surface area (Å²) < 4.78 is 16.8. The van der Waals surface area contributed by atoms with E-state index in [1.54, 1.807) is 66.7 Å². The van der Waals surface area contributed by atoms with Gasteiger partial charge in [-0.2, -0.15) is 0 Å². The van der Waals surface area contributed by atoms with Gasteiger partial charge in [0.15, 0.2) is 5.76 Å². The van der Waals surface area contributed by atoms with Gasteiger partial charge in [-0.3, -0.25) is 9.59 Å². The molecular weight excluding hydrogens is 550 g/mol. The molecule has 0 radical (unpaired) electrons. The van der Waals surface area contributed by atoms with Crippen molar-refractivity contribution in [3.05, 3.63) is 107 Å². The van der Waals surface area contributed by atoms with Gasteiger partial charge in [-0.25, -0.2) is 4.79 Å². The second-order valence-electron chi connectivity index (χ2n) is 10.1. The molecule has 0 aliphatic carbocycles. The largest absolute Gasteiger partial charge is 0.465 e. The molecule has 0 fully saturated rings. The number of methoxy groups -OCH3 is 1.